The first-order valence-corrected chi connectivity index (χ1v) is 11.8. The topological polar surface area (TPSA) is 45.7 Å². The van der Waals surface area contributed by atoms with Crippen molar-refractivity contribution in [1.82, 2.24) is 9.88 Å². The van der Waals surface area contributed by atoms with E-state index in [0.29, 0.717) is 17.3 Å². The van der Waals surface area contributed by atoms with Gasteiger partial charge >= 0.3 is 0 Å². The highest BCUT2D eigenvalue weighted by atomic mass is 35.5. The Morgan fingerprint density at radius 2 is 1.90 bits per heavy atom. The van der Waals surface area contributed by atoms with E-state index in [2.05, 4.69) is 4.90 Å². The first kappa shape index (κ1) is 25.7. The van der Waals surface area contributed by atoms with Crippen molar-refractivity contribution < 1.29 is 9.53 Å². The maximum atomic E-state index is 13.2. The molecule has 31 heavy (non-hydrogen) atoms. The predicted molar refractivity (Wildman–Crippen MR) is 136 cm³/mol. The molecule has 0 N–H and O–H groups in total. The monoisotopic (exact) mass is 499 g/mol. The van der Waals surface area contributed by atoms with Gasteiger partial charge in [0.05, 0.1) is 23.1 Å². The molecule has 9 heteroatoms. The molecule has 0 aliphatic heterocycles. The van der Waals surface area contributed by atoms with E-state index in [1.165, 1.54) is 23.1 Å². The van der Waals surface area contributed by atoms with E-state index >= 15 is 0 Å². The minimum atomic E-state index is 0. The number of hydrogen-bond donors (Lipinski definition) is 0. The third-order valence-corrected chi connectivity index (χ3v) is 6.82. The summed E-state index contributed by atoms with van der Waals surface area (Å²) in [4.78, 5) is 22.9. The van der Waals surface area contributed by atoms with Crippen LogP contribution in [0.25, 0.3) is 10.2 Å². The number of anilines is 1. The molecule has 2 aromatic carbocycles. The van der Waals surface area contributed by atoms with Gasteiger partial charge in [0.1, 0.15) is 5.75 Å². The van der Waals surface area contributed by atoms with Gasteiger partial charge in [-0.2, -0.15) is 0 Å². The molecule has 0 spiro atoms. The number of nitrogens with zero attached hydrogens (tertiary/aromatic N) is 3. The summed E-state index contributed by atoms with van der Waals surface area (Å²) in [5.74, 6) is 1.21. The lowest BCUT2D eigenvalue weighted by Gasteiger charge is -2.21. The number of rotatable bonds is 9. The Balaban J connectivity index is 0.00000341. The van der Waals surface area contributed by atoms with Crippen LogP contribution in [0.1, 0.15) is 12.0 Å². The van der Waals surface area contributed by atoms with Crippen molar-refractivity contribution in [1.29, 1.82) is 0 Å². The number of aromatic nitrogens is 1. The van der Waals surface area contributed by atoms with Gasteiger partial charge in [-0.3, -0.25) is 9.69 Å². The summed E-state index contributed by atoms with van der Waals surface area (Å²) < 4.78 is 6.20. The molecule has 0 saturated carbocycles. The number of thiazole rings is 1. The fourth-order valence-electron chi connectivity index (χ4n) is 3.03. The van der Waals surface area contributed by atoms with Crippen molar-refractivity contribution in [2.75, 3.05) is 44.9 Å². The Labute approximate surface area is 203 Å². The van der Waals surface area contributed by atoms with Crippen molar-refractivity contribution in [2.45, 2.75) is 18.2 Å². The molecule has 3 rings (SSSR count). The van der Waals surface area contributed by atoms with Crippen LogP contribution in [-0.2, 0) is 4.79 Å². The molecule has 1 amide bonds. The van der Waals surface area contributed by atoms with Crippen LogP contribution in [0.2, 0.25) is 5.02 Å². The highest BCUT2D eigenvalue weighted by molar-refractivity contribution is 8.00. The number of amides is 1. The zero-order valence-electron chi connectivity index (χ0n) is 18.1. The Morgan fingerprint density at radius 3 is 2.55 bits per heavy atom. The summed E-state index contributed by atoms with van der Waals surface area (Å²) in [6, 6.07) is 11.6. The van der Waals surface area contributed by atoms with Crippen molar-refractivity contribution >= 4 is 68.4 Å². The van der Waals surface area contributed by atoms with E-state index in [0.717, 1.165) is 44.5 Å². The lowest BCUT2D eigenvalue weighted by atomic mass is 10.2. The second-order valence-corrected chi connectivity index (χ2v) is 9.73. The van der Waals surface area contributed by atoms with Gasteiger partial charge in [0, 0.05) is 16.5 Å². The lowest BCUT2D eigenvalue weighted by molar-refractivity contribution is -0.116. The van der Waals surface area contributed by atoms with E-state index in [1.807, 2.05) is 62.3 Å². The number of ether oxygens (including phenoxy) is 1. The average Bonchev–Trinajstić information content (AvgIpc) is 3.13. The lowest BCUT2D eigenvalue weighted by Crippen LogP contribution is -2.34. The number of fused-ring (bicyclic) bond motifs is 1. The zero-order chi connectivity index (χ0) is 21.7. The van der Waals surface area contributed by atoms with Gasteiger partial charge in [-0.15, -0.1) is 24.2 Å². The van der Waals surface area contributed by atoms with Crippen LogP contribution in [-0.4, -0.2) is 55.8 Å². The summed E-state index contributed by atoms with van der Waals surface area (Å²) in [6.45, 7) is 3.54. The largest absolute Gasteiger partial charge is 0.497 e. The Hall–Kier alpha value is -1.51. The molecule has 0 bridgehead atoms. The van der Waals surface area contributed by atoms with E-state index in [4.69, 9.17) is 21.3 Å². The van der Waals surface area contributed by atoms with Gasteiger partial charge in [-0.25, -0.2) is 4.98 Å². The fraction of sp³-hybridized carbons (Fsp3) is 0.364. The third-order valence-electron chi connectivity index (χ3n) is 4.58. The normalized spacial score (nSPS) is 10.9. The number of aryl methyl sites for hydroxylation is 1. The number of hydrogen-bond acceptors (Lipinski definition) is 6. The highest BCUT2D eigenvalue weighted by Gasteiger charge is 2.20. The maximum absolute atomic E-state index is 13.2. The SMILES string of the molecule is COc1ccc(SCC(=O)N(CCCN(C)C)c2nc3c(C)cc(Cl)cc3s2)cc1.Cl. The number of halogens is 2. The van der Waals surface area contributed by atoms with E-state index in [-0.39, 0.29) is 18.3 Å². The first-order valence-electron chi connectivity index (χ1n) is 9.66. The molecule has 0 aliphatic rings. The standard InChI is InChI=1S/C22H26ClN3O2S2.ClH/c1-15-12-16(23)13-19-21(15)24-22(30-19)26(11-5-10-25(2)3)20(27)14-29-18-8-6-17(28-4)7-9-18;/h6-9,12-13H,5,10-11,14H2,1-4H3;1H. The van der Waals surface area contributed by atoms with Gasteiger partial charge in [-0.1, -0.05) is 22.9 Å². The van der Waals surface area contributed by atoms with Crippen LogP contribution >= 0.6 is 47.1 Å². The maximum Gasteiger partial charge on any atom is 0.239 e. The number of benzene rings is 2. The van der Waals surface area contributed by atoms with Crippen LogP contribution in [0.5, 0.6) is 5.75 Å². The van der Waals surface area contributed by atoms with Crippen molar-refractivity contribution in [2.24, 2.45) is 0 Å². The van der Waals surface area contributed by atoms with Crippen LogP contribution < -0.4 is 9.64 Å². The minimum absolute atomic E-state index is 0. The second kappa shape index (κ2) is 11.9. The van der Waals surface area contributed by atoms with Crippen LogP contribution in [0.4, 0.5) is 5.13 Å². The van der Waals surface area contributed by atoms with Gasteiger partial charge in [-0.05, 0) is 75.9 Å². The number of carbonyl (C=O) groups is 1. The number of carbonyl (C=O) groups excluding carboxylic acids is 1. The van der Waals surface area contributed by atoms with E-state index < -0.39 is 0 Å². The Kier molecular flexibility index (Phi) is 9.90. The molecule has 5 nitrogen and oxygen atoms in total. The summed E-state index contributed by atoms with van der Waals surface area (Å²) >= 11 is 9.25. The number of thioether (sulfide) groups is 1. The molecule has 0 unspecified atom stereocenters. The van der Waals surface area contributed by atoms with E-state index in [9.17, 15) is 4.79 Å². The fourth-order valence-corrected chi connectivity index (χ4v) is 5.26. The van der Waals surface area contributed by atoms with Crippen molar-refractivity contribution in [3.63, 3.8) is 0 Å². The summed E-state index contributed by atoms with van der Waals surface area (Å²) in [5, 5.41) is 1.42. The van der Waals surface area contributed by atoms with Crippen molar-refractivity contribution in [3.05, 3.63) is 47.0 Å². The molecular weight excluding hydrogens is 473 g/mol. The highest BCUT2D eigenvalue weighted by Crippen LogP contribution is 2.33. The Morgan fingerprint density at radius 1 is 1.19 bits per heavy atom. The van der Waals surface area contributed by atoms with Crippen LogP contribution in [0.3, 0.4) is 0 Å². The molecule has 0 atom stereocenters. The van der Waals surface area contributed by atoms with E-state index in [1.54, 1.807) is 7.11 Å². The molecule has 0 saturated heterocycles. The molecular formula is C22H27Cl2N3O2S2. The quantitative estimate of drug-likeness (QED) is 0.350. The molecule has 0 fully saturated rings. The van der Waals surface area contributed by atoms with Crippen LogP contribution in [0, 0.1) is 6.92 Å². The Bertz CT molecular complexity index is 1010. The zero-order valence-corrected chi connectivity index (χ0v) is 21.3. The van der Waals surface area contributed by atoms with Gasteiger partial charge in [0.15, 0.2) is 5.13 Å². The second-order valence-electron chi connectivity index (χ2n) is 7.23. The smallest absolute Gasteiger partial charge is 0.239 e. The summed E-state index contributed by atoms with van der Waals surface area (Å²) in [7, 11) is 5.72. The first-order chi connectivity index (χ1) is 14.4. The number of methoxy groups -OCH3 is 1. The molecule has 1 aromatic heterocycles. The van der Waals surface area contributed by atoms with Gasteiger partial charge in [0.2, 0.25) is 5.91 Å². The van der Waals surface area contributed by atoms with Crippen LogP contribution in [0.15, 0.2) is 41.3 Å². The predicted octanol–water partition coefficient (Wildman–Crippen LogP) is 5.77. The molecule has 3 aromatic rings. The minimum Gasteiger partial charge on any atom is -0.497 e. The molecule has 168 valence electrons. The molecule has 1 heterocycles. The van der Waals surface area contributed by atoms with Gasteiger partial charge in [0.25, 0.3) is 0 Å². The summed E-state index contributed by atoms with van der Waals surface area (Å²) in [5.41, 5.74) is 1.93. The third kappa shape index (κ3) is 6.99. The van der Waals surface area contributed by atoms with Gasteiger partial charge < -0.3 is 9.64 Å². The van der Waals surface area contributed by atoms with Crippen molar-refractivity contribution in [3.8, 4) is 5.75 Å². The summed E-state index contributed by atoms with van der Waals surface area (Å²) in [6.07, 6.45) is 0.877. The molecule has 0 aliphatic carbocycles. The molecule has 0 radical (unpaired) electrons. The average molecular weight is 501 g/mol.